The Bertz CT molecular complexity index is 1400. The topological polar surface area (TPSA) is 330 Å². The highest BCUT2D eigenvalue weighted by Gasteiger charge is 2.35. The number of amides is 8. The zero-order chi connectivity index (χ0) is 42.5. The van der Waals surface area contributed by atoms with Gasteiger partial charge in [-0.15, -0.1) is 0 Å². The standard InChI is InChI=1S/C35H61N9O11S.3H2/c1-6-19(4)28(29(37)48)39-21-11-13-26(47)38-15-8-7-9-20(40-33(52)24(17-45)43-31(50)22(14-16-56-5)41-30(21)49)32(51)44-27(18(2)3)34(53)42-23(35(54)55)10-12-25(36)46;;;/h18-24,27-28,39,45H,6-17H2,1-5H3,(H2,36,46)(H2,37,48)(H,38,47)(H,40,52)(H,41,49)(H,42,53)(H,43,50)(H,44,51)(H,54,55);3*1H/t19-,20?,21?,22-,23?,24-,27-,28-;;;/m0.../s1. The van der Waals surface area contributed by atoms with Gasteiger partial charge in [-0.25, -0.2) is 4.79 Å². The number of thioether (sulfide) groups is 1. The molecule has 324 valence electrons. The molecular weight excluding hydrogens is 755 g/mol. The third-order valence-corrected chi connectivity index (χ3v) is 10.00. The molecule has 1 aliphatic rings. The molecule has 0 aromatic heterocycles. The maximum atomic E-state index is 13.7. The minimum Gasteiger partial charge on any atom is -0.480 e. The molecule has 0 aromatic rings. The van der Waals surface area contributed by atoms with Crippen LogP contribution in [0, 0.1) is 11.8 Å². The first-order valence-corrected chi connectivity index (χ1v) is 20.2. The van der Waals surface area contributed by atoms with Crippen LogP contribution in [0.1, 0.15) is 89.8 Å². The molecule has 0 saturated carbocycles. The molecule has 1 rings (SSSR count). The Labute approximate surface area is 335 Å². The number of carboxylic acid groups (broad SMARTS) is 1. The number of aliphatic hydroxyl groups is 1. The molecule has 21 heteroatoms. The molecule has 3 unspecified atom stereocenters. The number of aliphatic hydroxyl groups excluding tert-OH is 1. The van der Waals surface area contributed by atoms with Gasteiger partial charge in [0.05, 0.1) is 18.7 Å². The van der Waals surface area contributed by atoms with Crippen molar-refractivity contribution < 1.29 is 57.6 Å². The Morgan fingerprint density at radius 1 is 0.911 bits per heavy atom. The van der Waals surface area contributed by atoms with E-state index in [0.717, 1.165) is 0 Å². The lowest BCUT2D eigenvalue weighted by Gasteiger charge is -2.29. The van der Waals surface area contributed by atoms with Crippen molar-refractivity contribution in [2.75, 3.05) is 25.2 Å². The van der Waals surface area contributed by atoms with Gasteiger partial charge in [0, 0.05) is 23.7 Å². The van der Waals surface area contributed by atoms with Crippen molar-refractivity contribution in [2.45, 2.75) is 128 Å². The fraction of sp³-hybridized carbons (Fsp3) is 0.743. The second-order valence-corrected chi connectivity index (χ2v) is 15.1. The largest absolute Gasteiger partial charge is 0.480 e. The van der Waals surface area contributed by atoms with Crippen LogP contribution >= 0.6 is 11.8 Å². The molecule has 8 amide bonds. The first kappa shape index (κ1) is 49.5. The predicted molar refractivity (Wildman–Crippen MR) is 212 cm³/mol. The Kier molecular flexibility index (Phi) is 22.7. The Hall–Kier alpha value is -4.50. The molecule has 8 atom stereocenters. The zero-order valence-corrected chi connectivity index (χ0v) is 33.6. The zero-order valence-electron chi connectivity index (χ0n) is 32.8. The molecule has 1 saturated heterocycles. The molecule has 0 spiro atoms. The summed E-state index contributed by atoms with van der Waals surface area (Å²) in [6.07, 6.45) is 2.24. The summed E-state index contributed by atoms with van der Waals surface area (Å²) in [4.78, 5) is 116. The molecule has 56 heavy (non-hydrogen) atoms. The molecule has 0 bridgehead atoms. The number of aliphatic carboxylic acids is 1. The highest BCUT2D eigenvalue weighted by atomic mass is 32.2. The Morgan fingerprint density at radius 3 is 2.11 bits per heavy atom. The average Bonchev–Trinajstić information content (AvgIpc) is 3.13. The van der Waals surface area contributed by atoms with Gasteiger partial charge in [-0.1, -0.05) is 34.1 Å². The van der Waals surface area contributed by atoms with Gasteiger partial charge in [0.2, 0.25) is 47.3 Å². The van der Waals surface area contributed by atoms with Crippen molar-refractivity contribution >= 4 is 65.0 Å². The van der Waals surface area contributed by atoms with Crippen LogP contribution in [-0.2, 0) is 43.2 Å². The van der Waals surface area contributed by atoms with E-state index in [2.05, 4.69) is 37.2 Å². The lowest BCUT2D eigenvalue weighted by Crippen LogP contribution is -2.61. The van der Waals surface area contributed by atoms with Crippen molar-refractivity contribution in [3.63, 3.8) is 0 Å². The number of carbonyl (C=O) groups is 9. The molecule has 0 aliphatic carbocycles. The summed E-state index contributed by atoms with van der Waals surface area (Å²) in [5.41, 5.74) is 10.8. The lowest BCUT2D eigenvalue weighted by atomic mass is 9.96. The van der Waals surface area contributed by atoms with E-state index in [1.54, 1.807) is 27.0 Å². The normalized spacial score (nSPS) is 22.7. The van der Waals surface area contributed by atoms with Gasteiger partial charge in [0.25, 0.3) is 0 Å². The van der Waals surface area contributed by atoms with Crippen LogP contribution in [0.15, 0.2) is 0 Å². The van der Waals surface area contributed by atoms with E-state index in [4.69, 9.17) is 11.5 Å². The van der Waals surface area contributed by atoms with Gasteiger partial charge >= 0.3 is 5.97 Å². The smallest absolute Gasteiger partial charge is 0.326 e. The minimum absolute atomic E-state index is 0. The van der Waals surface area contributed by atoms with Gasteiger partial charge in [-0.2, -0.15) is 11.8 Å². The molecule has 1 fully saturated rings. The van der Waals surface area contributed by atoms with Crippen LogP contribution in [0.25, 0.3) is 0 Å². The van der Waals surface area contributed by atoms with Gasteiger partial charge < -0.3 is 53.6 Å². The summed E-state index contributed by atoms with van der Waals surface area (Å²) in [7, 11) is 0. The Morgan fingerprint density at radius 2 is 1.55 bits per heavy atom. The van der Waals surface area contributed by atoms with Crippen LogP contribution in [0.5, 0.6) is 0 Å². The number of rotatable bonds is 18. The number of hydrogen-bond donors (Lipinski definition) is 11. The number of nitrogens with one attached hydrogen (secondary N) is 7. The Balaban J connectivity index is -0.0000105. The van der Waals surface area contributed by atoms with Crippen LogP contribution in [0.4, 0.5) is 0 Å². The molecule has 0 radical (unpaired) electrons. The highest BCUT2D eigenvalue weighted by Crippen LogP contribution is 2.13. The second-order valence-electron chi connectivity index (χ2n) is 14.2. The lowest BCUT2D eigenvalue weighted by molar-refractivity contribution is -0.143. The summed E-state index contributed by atoms with van der Waals surface area (Å²) in [6.45, 7) is 6.09. The van der Waals surface area contributed by atoms with Crippen LogP contribution < -0.4 is 48.7 Å². The quantitative estimate of drug-likeness (QED) is 0.0703. The number of carbonyl (C=O) groups excluding carboxylic acids is 8. The number of hydrogen-bond acceptors (Lipinski definition) is 12. The van der Waals surface area contributed by atoms with Gasteiger partial charge in [0.1, 0.15) is 30.2 Å². The first-order valence-electron chi connectivity index (χ1n) is 18.8. The van der Waals surface area contributed by atoms with Crippen LogP contribution in [-0.4, -0.2) is 131 Å². The number of carboxylic acids is 1. The van der Waals surface area contributed by atoms with Gasteiger partial charge in [-0.05, 0) is 62.4 Å². The minimum atomic E-state index is -1.58. The molecule has 13 N–H and O–H groups in total. The maximum absolute atomic E-state index is 13.7. The molecule has 1 aliphatic heterocycles. The van der Waals surface area contributed by atoms with Crippen molar-refractivity contribution in [3.05, 3.63) is 0 Å². The van der Waals surface area contributed by atoms with Gasteiger partial charge in [-0.3, -0.25) is 43.7 Å². The third-order valence-electron chi connectivity index (χ3n) is 9.35. The van der Waals surface area contributed by atoms with E-state index in [-0.39, 0.29) is 61.7 Å². The summed E-state index contributed by atoms with van der Waals surface area (Å²) in [6, 6.07) is -8.88. The van der Waals surface area contributed by atoms with E-state index < -0.39 is 108 Å². The van der Waals surface area contributed by atoms with E-state index in [9.17, 15) is 53.4 Å². The van der Waals surface area contributed by atoms with E-state index in [0.29, 0.717) is 18.6 Å². The predicted octanol–water partition coefficient (Wildman–Crippen LogP) is -2.16. The van der Waals surface area contributed by atoms with Crippen LogP contribution in [0.2, 0.25) is 0 Å². The number of nitrogens with two attached hydrogens (primary N) is 2. The fourth-order valence-electron chi connectivity index (χ4n) is 5.71. The summed E-state index contributed by atoms with van der Waals surface area (Å²) in [5.74, 6) is -7.87. The summed E-state index contributed by atoms with van der Waals surface area (Å²) in [5, 5.41) is 37.9. The highest BCUT2D eigenvalue weighted by molar-refractivity contribution is 7.98. The molecule has 1 heterocycles. The van der Waals surface area contributed by atoms with E-state index in [1.807, 2.05) is 6.92 Å². The van der Waals surface area contributed by atoms with Crippen molar-refractivity contribution in [1.29, 1.82) is 0 Å². The van der Waals surface area contributed by atoms with Crippen molar-refractivity contribution in [1.82, 2.24) is 37.2 Å². The summed E-state index contributed by atoms with van der Waals surface area (Å²) < 4.78 is 0. The van der Waals surface area contributed by atoms with Crippen molar-refractivity contribution in [2.24, 2.45) is 23.3 Å². The maximum Gasteiger partial charge on any atom is 0.326 e. The molecule has 20 nitrogen and oxygen atoms in total. The molecular formula is C35H67N9O11S. The number of primary amides is 2. The third kappa shape index (κ3) is 17.5. The van der Waals surface area contributed by atoms with Crippen molar-refractivity contribution in [3.8, 4) is 0 Å². The fourth-order valence-corrected chi connectivity index (χ4v) is 6.18. The first-order chi connectivity index (χ1) is 26.4. The van der Waals surface area contributed by atoms with E-state index in [1.165, 1.54) is 11.8 Å². The van der Waals surface area contributed by atoms with Crippen LogP contribution in [0.3, 0.4) is 0 Å². The second kappa shape index (κ2) is 25.6. The summed E-state index contributed by atoms with van der Waals surface area (Å²) >= 11 is 1.38. The monoisotopic (exact) mass is 821 g/mol. The molecule has 0 aromatic carbocycles. The van der Waals surface area contributed by atoms with E-state index >= 15 is 0 Å². The van der Waals surface area contributed by atoms with Gasteiger partial charge in [0.15, 0.2) is 0 Å². The SMILES string of the molecule is CC[C@H](C)[C@H](NC1CCC(=O)NCCCCC(C(=O)N[C@H](C(=O)NC(CCC(N)=O)C(=O)O)C(C)C)NC(=O)[C@H](CO)NC(=O)[C@H](CCSC)NC1=O)C(N)=O.[HH].[HH].[HH]. The average molecular weight is 822 g/mol.